The average molecular weight is 336 g/mol. The van der Waals surface area contributed by atoms with Crippen LogP contribution in [0.1, 0.15) is 18.9 Å². The molecule has 1 aromatic rings. The van der Waals surface area contributed by atoms with E-state index in [0.717, 1.165) is 18.7 Å². The van der Waals surface area contributed by atoms with E-state index in [2.05, 4.69) is 20.9 Å². The third-order valence-corrected chi connectivity index (χ3v) is 4.57. The molecule has 4 nitrogen and oxygen atoms in total. The van der Waals surface area contributed by atoms with E-state index in [4.69, 9.17) is 34.8 Å². The van der Waals surface area contributed by atoms with E-state index in [0.29, 0.717) is 28.1 Å². The highest BCUT2D eigenvalue weighted by molar-refractivity contribution is 6.40. The Morgan fingerprint density at radius 1 is 1.35 bits per heavy atom. The summed E-state index contributed by atoms with van der Waals surface area (Å²) < 4.78 is 0. The zero-order valence-electron chi connectivity index (χ0n) is 11.4. The molecule has 0 aliphatic carbocycles. The van der Waals surface area contributed by atoms with Gasteiger partial charge in [-0.2, -0.15) is 0 Å². The molecular formula is C13H17Cl3N4. The smallest absolute Gasteiger partial charge is 0.196 e. The molecule has 1 aliphatic heterocycles. The Labute approximate surface area is 133 Å². The maximum Gasteiger partial charge on any atom is 0.196 e. The van der Waals surface area contributed by atoms with Crippen LogP contribution in [0.25, 0.3) is 0 Å². The van der Waals surface area contributed by atoms with Gasteiger partial charge in [-0.3, -0.25) is 10.3 Å². The van der Waals surface area contributed by atoms with Crippen molar-refractivity contribution < 1.29 is 0 Å². The maximum absolute atomic E-state index is 6.52. The largest absolute Gasteiger partial charge is 0.354 e. The molecule has 0 radical (unpaired) electrons. The molecule has 1 unspecified atom stereocenters. The molecule has 0 fully saturated rings. The number of guanidine groups is 1. The summed E-state index contributed by atoms with van der Waals surface area (Å²) in [6, 6.07) is 3.64. The second-order valence-electron chi connectivity index (χ2n) is 4.50. The fourth-order valence-corrected chi connectivity index (χ4v) is 2.74. The first-order valence-electron chi connectivity index (χ1n) is 6.43. The predicted molar refractivity (Wildman–Crippen MR) is 87.3 cm³/mol. The van der Waals surface area contributed by atoms with Gasteiger partial charge in [-0.05, 0) is 31.2 Å². The van der Waals surface area contributed by atoms with Crippen molar-refractivity contribution >= 4 is 46.4 Å². The molecule has 1 heterocycles. The quantitative estimate of drug-likeness (QED) is 0.584. The lowest BCUT2D eigenvalue weighted by Crippen LogP contribution is -2.33. The van der Waals surface area contributed by atoms with Crippen LogP contribution in [0.15, 0.2) is 17.1 Å². The highest BCUT2D eigenvalue weighted by Gasteiger charge is 2.27. The summed E-state index contributed by atoms with van der Waals surface area (Å²) >= 11 is 19.1. The lowest BCUT2D eigenvalue weighted by atomic mass is 10.0. The number of alkyl halides is 1. The van der Waals surface area contributed by atoms with Gasteiger partial charge in [0.1, 0.15) is 5.00 Å². The first-order chi connectivity index (χ1) is 9.50. The van der Waals surface area contributed by atoms with Gasteiger partial charge in [-0.15, -0.1) is 0 Å². The minimum absolute atomic E-state index is 0.512. The molecule has 0 aromatic heterocycles. The van der Waals surface area contributed by atoms with Crippen LogP contribution >= 0.6 is 34.8 Å². The first-order valence-corrected chi connectivity index (χ1v) is 7.56. The van der Waals surface area contributed by atoms with Crippen LogP contribution < -0.4 is 16.0 Å². The number of anilines is 1. The summed E-state index contributed by atoms with van der Waals surface area (Å²) in [7, 11) is 1.81. The number of hydrogen-bond donors (Lipinski definition) is 3. The second kappa shape index (κ2) is 6.39. The van der Waals surface area contributed by atoms with Crippen molar-refractivity contribution in [3.05, 3.63) is 27.7 Å². The van der Waals surface area contributed by atoms with Gasteiger partial charge in [0.25, 0.3) is 0 Å². The van der Waals surface area contributed by atoms with Gasteiger partial charge >= 0.3 is 0 Å². The number of aliphatic imine (C=N–C) groups is 1. The number of benzene rings is 1. The Morgan fingerprint density at radius 2 is 2.00 bits per heavy atom. The van der Waals surface area contributed by atoms with E-state index in [9.17, 15) is 0 Å². The van der Waals surface area contributed by atoms with Crippen LogP contribution in [0, 0.1) is 0 Å². The van der Waals surface area contributed by atoms with Gasteiger partial charge in [0.15, 0.2) is 5.96 Å². The van der Waals surface area contributed by atoms with Gasteiger partial charge in [-0.25, -0.2) is 0 Å². The normalized spacial score (nSPS) is 17.4. The molecule has 3 N–H and O–H groups in total. The van der Waals surface area contributed by atoms with E-state index in [1.165, 1.54) is 0 Å². The fraction of sp³-hybridized carbons (Fsp3) is 0.462. The molecule has 0 amide bonds. The third kappa shape index (κ3) is 3.14. The lowest BCUT2D eigenvalue weighted by Gasteiger charge is -2.26. The van der Waals surface area contributed by atoms with Crippen LogP contribution in [0.2, 0.25) is 10.0 Å². The molecule has 1 aromatic carbocycles. The maximum atomic E-state index is 6.52. The summed E-state index contributed by atoms with van der Waals surface area (Å²) in [5, 5.41) is 10.3. The van der Waals surface area contributed by atoms with Crippen molar-refractivity contribution in [1.29, 1.82) is 0 Å². The molecule has 1 aliphatic rings. The zero-order valence-corrected chi connectivity index (χ0v) is 13.6. The van der Waals surface area contributed by atoms with Gasteiger partial charge in [-0.1, -0.05) is 41.7 Å². The summed E-state index contributed by atoms with van der Waals surface area (Å²) in [6.07, 6.45) is 0.707. The number of nitrogens with zero attached hydrogens (tertiary/aromatic N) is 1. The van der Waals surface area contributed by atoms with Crippen LogP contribution in [0.5, 0.6) is 0 Å². The highest BCUT2D eigenvalue weighted by atomic mass is 35.5. The van der Waals surface area contributed by atoms with Crippen molar-refractivity contribution in [2.45, 2.75) is 18.3 Å². The highest BCUT2D eigenvalue weighted by Crippen LogP contribution is 2.38. The second-order valence-corrected chi connectivity index (χ2v) is 5.96. The molecule has 1 atom stereocenters. The fourth-order valence-electron chi connectivity index (χ4n) is 2.05. The van der Waals surface area contributed by atoms with E-state index < -0.39 is 5.00 Å². The monoisotopic (exact) mass is 334 g/mol. The molecular weight excluding hydrogens is 319 g/mol. The predicted octanol–water partition coefficient (Wildman–Crippen LogP) is 3.39. The van der Waals surface area contributed by atoms with Crippen LogP contribution in [-0.2, 0) is 5.00 Å². The van der Waals surface area contributed by atoms with Crippen molar-refractivity contribution in [1.82, 2.24) is 10.6 Å². The minimum Gasteiger partial charge on any atom is -0.354 e. The molecule has 7 heteroatoms. The number of hydrogen-bond acceptors (Lipinski definition) is 4. The third-order valence-electron chi connectivity index (χ3n) is 3.30. The van der Waals surface area contributed by atoms with E-state index >= 15 is 0 Å². The molecule has 20 heavy (non-hydrogen) atoms. The van der Waals surface area contributed by atoms with Crippen LogP contribution in [-0.4, -0.2) is 26.1 Å². The number of halogens is 3. The Kier molecular flexibility index (Phi) is 5.02. The van der Waals surface area contributed by atoms with E-state index in [1.54, 1.807) is 0 Å². The van der Waals surface area contributed by atoms with Crippen molar-refractivity contribution in [2.24, 2.45) is 4.99 Å². The topological polar surface area (TPSA) is 48.5 Å². The van der Waals surface area contributed by atoms with Crippen LogP contribution in [0.3, 0.4) is 0 Å². The Morgan fingerprint density at radius 3 is 2.45 bits per heavy atom. The van der Waals surface area contributed by atoms with Crippen molar-refractivity contribution in [2.75, 3.05) is 25.5 Å². The standard InChI is InChI=1S/C13H17Cl3N4/c1-3-13(16,17-2)8-6-9(14)11(10(15)7-8)20-12-18-4-5-19-12/h6-7,17H,3-5H2,1-2H3,(H2,18,19,20). The Hall–Kier alpha value is -0.680. The van der Waals surface area contributed by atoms with Crippen LogP contribution in [0.4, 0.5) is 5.69 Å². The van der Waals surface area contributed by atoms with Gasteiger partial charge in [0.05, 0.1) is 22.3 Å². The van der Waals surface area contributed by atoms with E-state index in [1.807, 2.05) is 26.1 Å². The molecule has 110 valence electrons. The molecule has 0 saturated carbocycles. The summed E-state index contributed by atoms with van der Waals surface area (Å²) in [5.41, 5.74) is 1.47. The van der Waals surface area contributed by atoms with E-state index in [-0.39, 0.29) is 0 Å². The summed E-state index contributed by atoms with van der Waals surface area (Å²) in [6.45, 7) is 3.56. The number of nitrogens with one attached hydrogen (secondary N) is 3. The number of rotatable bonds is 4. The SMILES string of the molecule is CCC(Cl)(NC)c1cc(Cl)c(NC2=NCCN2)c(Cl)c1. The Bertz CT molecular complexity index is 503. The average Bonchev–Trinajstić information content (AvgIpc) is 2.94. The summed E-state index contributed by atoms with van der Waals surface area (Å²) in [5.74, 6) is 0.683. The lowest BCUT2D eigenvalue weighted by molar-refractivity contribution is 0.505. The van der Waals surface area contributed by atoms with Crippen molar-refractivity contribution in [3.63, 3.8) is 0 Å². The summed E-state index contributed by atoms with van der Waals surface area (Å²) in [4.78, 5) is 3.58. The van der Waals surface area contributed by atoms with Gasteiger partial charge < -0.3 is 10.6 Å². The zero-order chi connectivity index (χ0) is 14.8. The molecule has 0 bridgehead atoms. The van der Waals surface area contributed by atoms with Crippen molar-refractivity contribution in [3.8, 4) is 0 Å². The van der Waals surface area contributed by atoms with Gasteiger partial charge in [0, 0.05) is 6.54 Å². The molecule has 0 saturated heterocycles. The first kappa shape index (κ1) is 15.7. The molecule has 2 rings (SSSR count). The Balaban J connectivity index is 2.33. The van der Waals surface area contributed by atoms with Gasteiger partial charge in [0.2, 0.25) is 0 Å². The molecule has 0 spiro atoms. The minimum atomic E-state index is -0.672.